The highest BCUT2D eigenvalue weighted by Crippen LogP contribution is 2.18. The fraction of sp³-hybridized carbons (Fsp3) is 0.176. The van der Waals surface area contributed by atoms with Crippen LogP contribution in [0.1, 0.15) is 22.8 Å². The predicted molar refractivity (Wildman–Crippen MR) is 84.9 cm³/mol. The highest BCUT2D eigenvalue weighted by atomic mass is 19.1. The highest BCUT2D eigenvalue weighted by molar-refractivity contribution is 5.98. The number of hydrazine groups is 1. The summed E-state index contributed by atoms with van der Waals surface area (Å²) < 4.78 is 18.7. The van der Waals surface area contributed by atoms with Gasteiger partial charge in [-0.2, -0.15) is 0 Å². The summed E-state index contributed by atoms with van der Waals surface area (Å²) >= 11 is 0. The molecule has 0 saturated carbocycles. The molecule has 0 saturated heterocycles. The van der Waals surface area contributed by atoms with Crippen molar-refractivity contribution in [2.24, 2.45) is 0 Å². The number of rotatable bonds is 4. The van der Waals surface area contributed by atoms with Gasteiger partial charge < -0.3 is 9.84 Å². The monoisotopic (exact) mass is 332 g/mol. The molecule has 2 amide bonds. The summed E-state index contributed by atoms with van der Waals surface area (Å²) in [7, 11) is 0. The molecule has 0 heterocycles. The van der Waals surface area contributed by atoms with Crippen molar-refractivity contribution in [1.29, 1.82) is 0 Å². The number of hydrogen-bond donors (Lipinski definition) is 3. The maximum atomic E-state index is 13.5. The van der Waals surface area contributed by atoms with E-state index in [1.165, 1.54) is 37.3 Å². The minimum atomic E-state index is -1.03. The van der Waals surface area contributed by atoms with Crippen molar-refractivity contribution in [3.8, 4) is 11.5 Å². The maximum absolute atomic E-state index is 13.5. The fourth-order valence-electron chi connectivity index (χ4n) is 1.90. The Morgan fingerprint density at radius 3 is 2.58 bits per heavy atom. The molecular weight excluding hydrogens is 315 g/mol. The van der Waals surface area contributed by atoms with E-state index in [-0.39, 0.29) is 17.1 Å². The van der Waals surface area contributed by atoms with Crippen molar-refractivity contribution in [1.82, 2.24) is 10.9 Å². The molecule has 0 bridgehead atoms. The third-order valence-corrected chi connectivity index (χ3v) is 3.21. The average molecular weight is 332 g/mol. The largest absolute Gasteiger partial charge is 0.507 e. The standard InChI is InChI=1S/C17H17FN2O4/c1-10-7-8-14(21)12(9-10)17(23)20-19-16(22)11(2)24-15-6-4-3-5-13(15)18/h3-9,11,21H,1-2H3,(H,19,22)(H,20,23). The molecular formula is C17H17FN2O4. The molecule has 1 unspecified atom stereocenters. The Morgan fingerprint density at radius 1 is 1.17 bits per heavy atom. The number of amides is 2. The zero-order chi connectivity index (χ0) is 17.7. The van der Waals surface area contributed by atoms with Gasteiger partial charge in [-0.15, -0.1) is 0 Å². The van der Waals surface area contributed by atoms with E-state index in [0.29, 0.717) is 0 Å². The zero-order valence-corrected chi connectivity index (χ0v) is 13.2. The molecule has 0 aliphatic rings. The second kappa shape index (κ2) is 7.45. The first-order chi connectivity index (χ1) is 11.4. The van der Waals surface area contributed by atoms with Crippen LogP contribution in [0.15, 0.2) is 42.5 Å². The number of halogens is 1. The first-order valence-electron chi connectivity index (χ1n) is 7.19. The van der Waals surface area contributed by atoms with Gasteiger partial charge in [0.15, 0.2) is 17.7 Å². The minimum Gasteiger partial charge on any atom is -0.507 e. The van der Waals surface area contributed by atoms with Gasteiger partial charge >= 0.3 is 0 Å². The van der Waals surface area contributed by atoms with E-state index in [4.69, 9.17) is 4.74 Å². The normalized spacial score (nSPS) is 11.5. The summed E-state index contributed by atoms with van der Waals surface area (Å²) in [5.41, 5.74) is 5.15. The van der Waals surface area contributed by atoms with Crippen molar-refractivity contribution in [2.75, 3.05) is 0 Å². The summed E-state index contributed by atoms with van der Waals surface area (Å²) in [4.78, 5) is 23.9. The van der Waals surface area contributed by atoms with Gasteiger partial charge in [-0.1, -0.05) is 23.8 Å². The zero-order valence-electron chi connectivity index (χ0n) is 13.2. The SMILES string of the molecule is Cc1ccc(O)c(C(=O)NNC(=O)C(C)Oc2ccccc2F)c1. The summed E-state index contributed by atoms with van der Waals surface area (Å²) in [5.74, 6) is -2.21. The Labute approximate surface area is 138 Å². The third-order valence-electron chi connectivity index (χ3n) is 3.21. The Balaban J connectivity index is 1.93. The predicted octanol–water partition coefficient (Wildman–Crippen LogP) is 2.07. The number of carbonyl (C=O) groups excluding carboxylic acids is 2. The van der Waals surface area contributed by atoms with Crippen LogP contribution in [-0.2, 0) is 4.79 Å². The molecule has 2 aromatic carbocycles. The van der Waals surface area contributed by atoms with Crippen LogP contribution in [0.5, 0.6) is 11.5 Å². The van der Waals surface area contributed by atoms with E-state index in [2.05, 4.69) is 10.9 Å². The first-order valence-corrected chi connectivity index (χ1v) is 7.19. The van der Waals surface area contributed by atoms with Gasteiger partial charge in [0.25, 0.3) is 11.8 Å². The van der Waals surface area contributed by atoms with Crippen molar-refractivity contribution >= 4 is 11.8 Å². The molecule has 126 valence electrons. The van der Waals surface area contributed by atoms with Crippen LogP contribution >= 0.6 is 0 Å². The molecule has 6 nitrogen and oxygen atoms in total. The Bertz CT molecular complexity index is 764. The van der Waals surface area contributed by atoms with Gasteiger partial charge in [-0.25, -0.2) is 4.39 Å². The number of benzene rings is 2. The van der Waals surface area contributed by atoms with Gasteiger partial charge in [0.05, 0.1) is 5.56 Å². The van der Waals surface area contributed by atoms with Crippen LogP contribution < -0.4 is 15.6 Å². The summed E-state index contributed by atoms with van der Waals surface area (Å²) in [5, 5.41) is 9.67. The Hall–Kier alpha value is -3.09. The van der Waals surface area contributed by atoms with Crippen LogP contribution in [0.25, 0.3) is 0 Å². The van der Waals surface area contributed by atoms with Gasteiger partial charge in [0.1, 0.15) is 5.75 Å². The summed E-state index contributed by atoms with van der Waals surface area (Å²) in [6, 6.07) is 10.2. The molecule has 0 spiro atoms. The molecule has 0 fully saturated rings. The summed E-state index contributed by atoms with van der Waals surface area (Å²) in [6.07, 6.45) is -1.03. The van der Waals surface area contributed by atoms with E-state index >= 15 is 0 Å². The molecule has 2 rings (SSSR count). The third kappa shape index (κ3) is 4.22. The van der Waals surface area contributed by atoms with Crippen LogP contribution in [0, 0.1) is 12.7 Å². The van der Waals surface area contributed by atoms with Crippen molar-refractivity contribution in [3.05, 3.63) is 59.4 Å². The fourth-order valence-corrected chi connectivity index (χ4v) is 1.90. The molecule has 0 aliphatic heterocycles. The van der Waals surface area contributed by atoms with Crippen molar-refractivity contribution < 1.29 is 23.8 Å². The van der Waals surface area contributed by atoms with Crippen molar-refractivity contribution in [3.63, 3.8) is 0 Å². The molecule has 2 aromatic rings. The molecule has 1 atom stereocenters. The van der Waals surface area contributed by atoms with Gasteiger partial charge in [-0.3, -0.25) is 20.4 Å². The topological polar surface area (TPSA) is 87.7 Å². The number of aromatic hydroxyl groups is 1. The highest BCUT2D eigenvalue weighted by Gasteiger charge is 2.18. The van der Waals surface area contributed by atoms with Crippen molar-refractivity contribution in [2.45, 2.75) is 20.0 Å². The molecule has 0 aromatic heterocycles. The summed E-state index contributed by atoms with van der Waals surface area (Å²) in [6.45, 7) is 3.18. The van der Waals surface area contributed by atoms with Crippen LogP contribution in [0.4, 0.5) is 4.39 Å². The van der Waals surface area contributed by atoms with Gasteiger partial charge in [-0.05, 0) is 38.1 Å². The lowest BCUT2D eigenvalue weighted by molar-refractivity contribution is -0.128. The second-order valence-corrected chi connectivity index (χ2v) is 5.15. The number of aryl methyl sites for hydroxylation is 1. The number of phenolic OH excluding ortho intramolecular Hbond substituents is 1. The van der Waals surface area contributed by atoms with Crippen LogP contribution in [0.3, 0.4) is 0 Å². The second-order valence-electron chi connectivity index (χ2n) is 5.15. The van der Waals surface area contributed by atoms with E-state index in [9.17, 15) is 19.1 Å². The number of hydrogen-bond acceptors (Lipinski definition) is 4. The van der Waals surface area contributed by atoms with Gasteiger partial charge in [0, 0.05) is 0 Å². The van der Waals surface area contributed by atoms with E-state index in [1.54, 1.807) is 19.1 Å². The quantitative estimate of drug-likeness (QED) is 0.748. The number of ether oxygens (including phenoxy) is 1. The lowest BCUT2D eigenvalue weighted by Gasteiger charge is -2.15. The smallest absolute Gasteiger partial charge is 0.279 e. The van der Waals surface area contributed by atoms with Crippen LogP contribution in [-0.4, -0.2) is 23.0 Å². The number of para-hydroxylation sites is 1. The van der Waals surface area contributed by atoms with E-state index in [1.807, 2.05) is 0 Å². The Kier molecular flexibility index (Phi) is 5.36. The number of carbonyl (C=O) groups is 2. The molecule has 7 heteroatoms. The molecule has 3 N–H and O–H groups in total. The Morgan fingerprint density at radius 2 is 1.88 bits per heavy atom. The lowest BCUT2D eigenvalue weighted by atomic mass is 10.1. The molecule has 0 radical (unpaired) electrons. The number of nitrogens with one attached hydrogen (secondary N) is 2. The molecule has 24 heavy (non-hydrogen) atoms. The van der Waals surface area contributed by atoms with Crippen LogP contribution in [0.2, 0.25) is 0 Å². The van der Waals surface area contributed by atoms with E-state index < -0.39 is 23.7 Å². The first kappa shape index (κ1) is 17.3. The average Bonchev–Trinajstić information content (AvgIpc) is 2.56. The maximum Gasteiger partial charge on any atom is 0.279 e. The molecule has 0 aliphatic carbocycles. The minimum absolute atomic E-state index is 0.0259. The number of phenols is 1. The lowest BCUT2D eigenvalue weighted by Crippen LogP contribution is -2.47. The van der Waals surface area contributed by atoms with E-state index in [0.717, 1.165) is 5.56 Å². The van der Waals surface area contributed by atoms with Gasteiger partial charge in [0.2, 0.25) is 0 Å².